The van der Waals surface area contributed by atoms with Crippen LogP contribution in [-0.4, -0.2) is 62.1 Å². The molecule has 3 rings (SSSR count). The number of piperazine rings is 1. The smallest absolute Gasteiger partial charge is 0.224 e. The molecule has 2 fully saturated rings. The van der Waals surface area contributed by atoms with Crippen LogP contribution in [0.1, 0.15) is 30.9 Å². The summed E-state index contributed by atoms with van der Waals surface area (Å²) in [6.07, 6.45) is 3.16. The Kier molecular flexibility index (Phi) is 5.51. The second-order valence-corrected chi connectivity index (χ2v) is 6.35. The number of hydrogen-bond acceptors (Lipinski definition) is 4. The van der Waals surface area contributed by atoms with Gasteiger partial charge in [-0.25, -0.2) is 0 Å². The SMILES string of the molecule is COc1ccccc1C1CNCCN1C(=O)CCN1CCCC1. The van der Waals surface area contributed by atoms with Gasteiger partial charge in [0.15, 0.2) is 0 Å². The first-order valence-electron chi connectivity index (χ1n) is 8.65. The second kappa shape index (κ2) is 7.79. The van der Waals surface area contributed by atoms with Crippen LogP contribution in [0.5, 0.6) is 5.75 Å². The van der Waals surface area contributed by atoms with Crippen LogP contribution in [0, 0.1) is 0 Å². The Bertz CT molecular complexity index is 529. The van der Waals surface area contributed by atoms with Crippen molar-refractivity contribution in [2.45, 2.75) is 25.3 Å². The zero-order valence-corrected chi connectivity index (χ0v) is 14.0. The van der Waals surface area contributed by atoms with Gasteiger partial charge in [0.05, 0.1) is 13.2 Å². The van der Waals surface area contributed by atoms with Gasteiger partial charge in [0.1, 0.15) is 5.75 Å². The van der Waals surface area contributed by atoms with Crippen LogP contribution in [0.2, 0.25) is 0 Å². The average Bonchev–Trinajstić information content (AvgIpc) is 3.13. The van der Waals surface area contributed by atoms with E-state index in [4.69, 9.17) is 4.74 Å². The number of benzene rings is 1. The lowest BCUT2D eigenvalue weighted by molar-refractivity contribution is -0.134. The number of likely N-dealkylation sites (tertiary alicyclic amines) is 1. The van der Waals surface area contributed by atoms with Crippen molar-refractivity contribution in [3.63, 3.8) is 0 Å². The van der Waals surface area contributed by atoms with Gasteiger partial charge in [-0.15, -0.1) is 0 Å². The van der Waals surface area contributed by atoms with E-state index in [-0.39, 0.29) is 11.9 Å². The van der Waals surface area contributed by atoms with E-state index < -0.39 is 0 Å². The number of carbonyl (C=O) groups excluding carboxylic acids is 1. The van der Waals surface area contributed by atoms with Gasteiger partial charge in [-0.3, -0.25) is 4.79 Å². The zero-order chi connectivity index (χ0) is 16.1. The molecule has 2 heterocycles. The predicted molar refractivity (Wildman–Crippen MR) is 90.6 cm³/mol. The van der Waals surface area contributed by atoms with Gasteiger partial charge in [-0.05, 0) is 32.0 Å². The molecule has 5 heteroatoms. The molecule has 0 spiro atoms. The molecular weight excluding hydrogens is 290 g/mol. The summed E-state index contributed by atoms with van der Waals surface area (Å²) < 4.78 is 5.49. The van der Waals surface area contributed by atoms with E-state index in [1.165, 1.54) is 12.8 Å². The first-order chi connectivity index (χ1) is 11.3. The Hall–Kier alpha value is -1.59. The van der Waals surface area contributed by atoms with Gasteiger partial charge in [0.25, 0.3) is 0 Å². The van der Waals surface area contributed by atoms with E-state index in [0.29, 0.717) is 6.42 Å². The minimum Gasteiger partial charge on any atom is -0.496 e. The molecule has 2 aliphatic heterocycles. The minimum absolute atomic E-state index is 0.0611. The van der Waals surface area contributed by atoms with Crippen LogP contribution in [0.3, 0.4) is 0 Å². The van der Waals surface area contributed by atoms with E-state index in [1.807, 2.05) is 23.1 Å². The number of nitrogens with zero attached hydrogens (tertiary/aromatic N) is 2. The fourth-order valence-electron chi connectivity index (χ4n) is 3.63. The molecule has 2 aliphatic rings. The fraction of sp³-hybridized carbons (Fsp3) is 0.611. The molecule has 1 atom stereocenters. The highest BCUT2D eigenvalue weighted by Gasteiger charge is 2.29. The van der Waals surface area contributed by atoms with E-state index in [2.05, 4.69) is 16.3 Å². The summed E-state index contributed by atoms with van der Waals surface area (Å²) in [5.74, 6) is 1.12. The number of nitrogens with one attached hydrogen (secondary N) is 1. The molecular formula is C18H27N3O2. The van der Waals surface area contributed by atoms with Crippen molar-refractivity contribution in [2.24, 2.45) is 0 Å². The summed E-state index contributed by atoms with van der Waals surface area (Å²) in [6.45, 7) is 5.59. The lowest BCUT2D eigenvalue weighted by Crippen LogP contribution is -2.49. The molecule has 1 N–H and O–H groups in total. The number of amides is 1. The Morgan fingerprint density at radius 3 is 2.83 bits per heavy atom. The second-order valence-electron chi connectivity index (χ2n) is 6.35. The van der Waals surface area contributed by atoms with Crippen LogP contribution in [-0.2, 0) is 4.79 Å². The highest BCUT2D eigenvalue weighted by atomic mass is 16.5. The van der Waals surface area contributed by atoms with Crippen LogP contribution in [0.15, 0.2) is 24.3 Å². The normalized spacial score (nSPS) is 22.3. The first-order valence-corrected chi connectivity index (χ1v) is 8.65. The van der Waals surface area contributed by atoms with Crippen molar-refractivity contribution in [1.82, 2.24) is 15.1 Å². The Labute approximate surface area is 138 Å². The van der Waals surface area contributed by atoms with Crippen molar-refractivity contribution in [2.75, 3.05) is 46.4 Å². The topological polar surface area (TPSA) is 44.8 Å². The number of hydrogen-bond donors (Lipinski definition) is 1. The molecule has 0 aromatic heterocycles. The molecule has 5 nitrogen and oxygen atoms in total. The van der Waals surface area contributed by atoms with Crippen LogP contribution < -0.4 is 10.1 Å². The van der Waals surface area contributed by atoms with Gasteiger partial charge >= 0.3 is 0 Å². The van der Waals surface area contributed by atoms with Crippen molar-refractivity contribution in [3.8, 4) is 5.75 Å². The zero-order valence-electron chi connectivity index (χ0n) is 14.0. The molecule has 0 radical (unpaired) electrons. The van der Waals surface area contributed by atoms with E-state index in [0.717, 1.165) is 50.6 Å². The first kappa shape index (κ1) is 16.3. The summed E-state index contributed by atoms with van der Waals surface area (Å²) >= 11 is 0. The average molecular weight is 317 g/mol. The molecule has 0 saturated carbocycles. The molecule has 1 aromatic carbocycles. The fourth-order valence-corrected chi connectivity index (χ4v) is 3.63. The summed E-state index contributed by atoms with van der Waals surface area (Å²) in [6, 6.07) is 8.08. The van der Waals surface area contributed by atoms with E-state index in [9.17, 15) is 4.79 Å². The van der Waals surface area contributed by atoms with Gasteiger partial charge in [0.2, 0.25) is 5.91 Å². The van der Waals surface area contributed by atoms with Crippen LogP contribution in [0.4, 0.5) is 0 Å². The number of carbonyl (C=O) groups is 1. The predicted octanol–water partition coefficient (Wildman–Crippen LogP) is 1.65. The standard InChI is InChI=1S/C18H27N3O2/c1-23-17-7-3-2-6-15(17)16-14-19-9-13-21(16)18(22)8-12-20-10-4-5-11-20/h2-3,6-7,16,19H,4-5,8-14H2,1H3. The van der Waals surface area contributed by atoms with Crippen molar-refractivity contribution < 1.29 is 9.53 Å². The summed E-state index contributed by atoms with van der Waals surface area (Å²) in [5.41, 5.74) is 1.09. The number of ether oxygens (including phenoxy) is 1. The molecule has 2 saturated heterocycles. The molecule has 23 heavy (non-hydrogen) atoms. The molecule has 1 unspecified atom stereocenters. The molecule has 1 aromatic rings. The third kappa shape index (κ3) is 3.85. The third-order valence-corrected chi connectivity index (χ3v) is 4.90. The van der Waals surface area contributed by atoms with E-state index >= 15 is 0 Å². The molecule has 126 valence electrons. The van der Waals surface area contributed by atoms with Crippen molar-refractivity contribution >= 4 is 5.91 Å². The maximum absolute atomic E-state index is 12.8. The summed E-state index contributed by atoms with van der Waals surface area (Å²) in [7, 11) is 1.69. The Morgan fingerprint density at radius 2 is 2.04 bits per heavy atom. The number of methoxy groups -OCH3 is 1. The Balaban J connectivity index is 1.69. The van der Waals surface area contributed by atoms with Crippen LogP contribution >= 0.6 is 0 Å². The number of rotatable bonds is 5. The van der Waals surface area contributed by atoms with Gasteiger partial charge in [-0.2, -0.15) is 0 Å². The lowest BCUT2D eigenvalue weighted by atomic mass is 10.0. The third-order valence-electron chi connectivity index (χ3n) is 4.90. The monoisotopic (exact) mass is 317 g/mol. The Morgan fingerprint density at radius 1 is 1.26 bits per heavy atom. The van der Waals surface area contributed by atoms with Crippen LogP contribution in [0.25, 0.3) is 0 Å². The van der Waals surface area contributed by atoms with E-state index in [1.54, 1.807) is 7.11 Å². The summed E-state index contributed by atoms with van der Waals surface area (Å²) in [5, 5.41) is 3.41. The highest BCUT2D eigenvalue weighted by molar-refractivity contribution is 5.77. The van der Waals surface area contributed by atoms with Gasteiger partial charge in [-0.1, -0.05) is 18.2 Å². The molecule has 1 amide bonds. The largest absolute Gasteiger partial charge is 0.496 e. The van der Waals surface area contributed by atoms with Gasteiger partial charge < -0.3 is 19.9 Å². The minimum atomic E-state index is 0.0611. The maximum Gasteiger partial charge on any atom is 0.224 e. The quantitative estimate of drug-likeness (QED) is 0.897. The lowest BCUT2D eigenvalue weighted by Gasteiger charge is -2.37. The number of para-hydroxylation sites is 1. The van der Waals surface area contributed by atoms with Crippen molar-refractivity contribution in [1.29, 1.82) is 0 Å². The van der Waals surface area contributed by atoms with Crippen molar-refractivity contribution in [3.05, 3.63) is 29.8 Å². The van der Waals surface area contributed by atoms with Gasteiger partial charge in [0, 0.05) is 38.2 Å². The summed E-state index contributed by atoms with van der Waals surface area (Å²) in [4.78, 5) is 17.2. The highest BCUT2D eigenvalue weighted by Crippen LogP contribution is 2.30. The maximum atomic E-state index is 12.8. The molecule has 0 bridgehead atoms. The molecule has 0 aliphatic carbocycles.